The molecule has 0 saturated heterocycles. The zero-order valence-corrected chi connectivity index (χ0v) is 12.3. The van der Waals surface area contributed by atoms with Crippen LogP contribution in [0.25, 0.3) is 0 Å². The number of rotatable bonds is 9. The Morgan fingerprint density at radius 2 is 1.95 bits per heavy atom. The molecule has 0 bridgehead atoms. The first-order valence-electron chi connectivity index (χ1n) is 6.56. The van der Waals surface area contributed by atoms with Crippen LogP contribution in [0.3, 0.4) is 0 Å². The molecular formula is C12H21N6O4. The molecule has 7 N–H and O–H groups in total. The van der Waals surface area contributed by atoms with E-state index in [1.54, 1.807) is 0 Å². The van der Waals surface area contributed by atoms with Gasteiger partial charge in [-0.2, -0.15) is 0 Å². The van der Waals surface area contributed by atoms with Gasteiger partial charge in [-0.25, -0.2) is 0 Å². The first kappa shape index (κ1) is 19.5. The van der Waals surface area contributed by atoms with Gasteiger partial charge in [0.1, 0.15) is 0 Å². The van der Waals surface area contributed by atoms with Crippen LogP contribution in [0.4, 0.5) is 0 Å². The highest BCUT2D eigenvalue weighted by Gasteiger charge is 2.20. The van der Waals surface area contributed by atoms with Crippen LogP contribution in [0, 0.1) is 5.41 Å². The van der Waals surface area contributed by atoms with Gasteiger partial charge in [-0.15, -0.1) is 0 Å². The van der Waals surface area contributed by atoms with Gasteiger partial charge in [0.15, 0.2) is 5.96 Å². The molecular weight excluding hydrogens is 292 g/mol. The molecule has 10 heteroatoms. The van der Waals surface area contributed by atoms with Crippen molar-refractivity contribution in [3.8, 4) is 0 Å². The standard InChI is InChI=1S/C12H21N6O4/c1-8(20)18(5-6-19)10(21)7-17-11(22)9(13)3-2-4-16-12(14)15/h9H,2-5,7,13H2,1H3,(H,17,22)(H4,14,15,16)/t9-/m1/s1. The van der Waals surface area contributed by atoms with Crippen molar-refractivity contribution in [3.05, 3.63) is 0 Å². The third kappa shape index (κ3) is 7.94. The van der Waals surface area contributed by atoms with Crippen molar-refractivity contribution in [1.82, 2.24) is 15.5 Å². The van der Waals surface area contributed by atoms with Crippen molar-refractivity contribution >= 4 is 30.0 Å². The number of imide groups is 1. The van der Waals surface area contributed by atoms with E-state index in [1.807, 2.05) is 0 Å². The van der Waals surface area contributed by atoms with Crippen LogP contribution in [0.2, 0.25) is 0 Å². The molecule has 0 fully saturated rings. The molecule has 0 aromatic heterocycles. The molecule has 3 amide bonds. The molecule has 0 aliphatic rings. The van der Waals surface area contributed by atoms with E-state index in [4.69, 9.17) is 16.9 Å². The lowest BCUT2D eigenvalue weighted by Crippen LogP contribution is -2.47. The van der Waals surface area contributed by atoms with Crippen LogP contribution in [-0.4, -0.2) is 60.5 Å². The van der Waals surface area contributed by atoms with Gasteiger partial charge in [-0.1, -0.05) is 0 Å². The van der Waals surface area contributed by atoms with Crippen molar-refractivity contribution in [2.24, 2.45) is 11.5 Å². The Kier molecular flexibility index (Phi) is 9.11. The minimum atomic E-state index is -0.829. The van der Waals surface area contributed by atoms with E-state index in [1.165, 1.54) is 6.29 Å². The summed E-state index contributed by atoms with van der Waals surface area (Å²) in [5.41, 5.74) is 10.7. The average molecular weight is 313 g/mol. The van der Waals surface area contributed by atoms with E-state index >= 15 is 0 Å². The summed E-state index contributed by atoms with van der Waals surface area (Å²) < 4.78 is 0. The number of nitrogens with one attached hydrogen (secondary N) is 3. The normalized spacial score (nSPS) is 11.2. The van der Waals surface area contributed by atoms with Crippen molar-refractivity contribution < 1.29 is 19.2 Å². The third-order valence-electron chi connectivity index (χ3n) is 2.66. The Hall–Kier alpha value is -2.49. The molecule has 0 spiro atoms. The highest BCUT2D eigenvalue weighted by Crippen LogP contribution is 1.94. The molecule has 0 aromatic carbocycles. The Balaban J connectivity index is 4.14. The SMILES string of the molecule is CC(=O)N(C[C]=O)C(=O)CNC(=O)[C@H](N)CCCNC(=N)N. The summed E-state index contributed by atoms with van der Waals surface area (Å²) in [5, 5.41) is 11.8. The first-order valence-corrected chi connectivity index (χ1v) is 6.56. The number of guanidine groups is 1. The lowest BCUT2D eigenvalue weighted by molar-refractivity contribution is -0.143. The minimum Gasteiger partial charge on any atom is -0.370 e. The summed E-state index contributed by atoms with van der Waals surface area (Å²) in [4.78, 5) is 45.4. The van der Waals surface area contributed by atoms with Crippen molar-refractivity contribution in [2.45, 2.75) is 25.8 Å². The van der Waals surface area contributed by atoms with Gasteiger partial charge in [0.2, 0.25) is 24.0 Å². The van der Waals surface area contributed by atoms with E-state index in [-0.39, 0.29) is 5.96 Å². The van der Waals surface area contributed by atoms with Gasteiger partial charge >= 0.3 is 0 Å². The molecule has 22 heavy (non-hydrogen) atoms. The van der Waals surface area contributed by atoms with Crippen molar-refractivity contribution in [3.63, 3.8) is 0 Å². The number of nitrogens with two attached hydrogens (primary N) is 2. The zero-order valence-electron chi connectivity index (χ0n) is 12.3. The number of nitrogens with zero attached hydrogens (tertiary/aromatic N) is 1. The van der Waals surface area contributed by atoms with E-state index in [0.29, 0.717) is 24.3 Å². The van der Waals surface area contributed by atoms with Crippen LogP contribution in [0.15, 0.2) is 0 Å². The molecule has 0 aromatic rings. The first-order chi connectivity index (χ1) is 10.3. The summed E-state index contributed by atoms with van der Waals surface area (Å²) in [7, 11) is 0. The van der Waals surface area contributed by atoms with Crippen molar-refractivity contribution in [1.29, 1.82) is 5.41 Å². The molecule has 0 saturated carbocycles. The number of hydrogen-bond donors (Lipinski definition) is 5. The second-order valence-electron chi connectivity index (χ2n) is 4.45. The predicted molar refractivity (Wildman–Crippen MR) is 78.2 cm³/mol. The average Bonchev–Trinajstić information content (AvgIpc) is 2.45. The molecule has 1 radical (unpaired) electrons. The quantitative estimate of drug-likeness (QED) is 0.173. The smallest absolute Gasteiger partial charge is 0.248 e. The summed E-state index contributed by atoms with van der Waals surface area (Å²) in [6.45, 7) is 0.625. The highest BCUT2D eigenvalue weighted by molar-refractivity contribution is 5.98. The third-order valence-corrected chi connectivity index (χ3v) is 2.66. The van der Waals surface area contributed by atoms with Gasteiger partial charge in [0.25, 0.3) is 0 Å². The molecule has 0 aliphatic carbocycles. The number of carbonyl (C=O) groups excluding carboxylic acids is 4. The Morgan fingerprint density at radius 1 is 1.32 bits per heavy atom. The molecule has 0 aliphatic heterocycles. The van der Waals surface area contributed by atoms with E-state index in [0.717, 1.165) is 6.92 Å². The maximum atomic E-state index is 11.7. The summed E-state index contributed by atoms with van der Waals surface area (Å²) in [5.74, 6) is -2.04. The van der Waals surface area contributed by atoms with Gasteiger partial charge in [-0.05, 0) is 12.8 Å². The van der Waals surface area contributed by atoms with Crippen molar-refractivity contribution in [2.75, 3.05) is 19.6 Å². The molecule has 10 nitrogen and oxygen atoms in total. The second kappa shape index (κ2) is 10.3. The topological polar surface area (TPSA) is 171 Å². The van der Waals surface area contributed by atoms with Crippen LogP contribution in [0.1, 0.15) is 19.8 Å². The maximum absolute atomic E-state index is 11.7. The molecule has 0 unspecified atom stereocenters. The van der Waals surface area contributed by atoms with Gasteiger partial charge in [-0.3, -0.25) is 29.5 Å². The zero-order chi connectivity index (χ0) is 17.1. The van der Waals surface area contributed by atoms with Gasteiger partial charge < -0.3 is 22.1 Å². The summed E-state index contributed by atoms with van der Waals surface area (Å²) in [6, 6.07) is -0.829. The Bertz CT molecular complexity index is 439. The lowest BCUT2D eigenvalue weighted by atomic mass is 10.1. The monoisotopic (exact) mass is 313 g/mol. The fourth-order valence-electron chi connectivity index (χ4n) is 1.51. The Morgan fingerprint density at radius 3 is 2.45 bits per heavy atom. The molecule has 0 rings (SSSR count). The predicted octanol–water partition coefficient (Wildman–Crippen LogP) is -2.82. The number of amides is 3. The summed E-state index contributed by atoms with van der Waals surface area (Å²) in [6.07, 6.45) is 2.29. The largest absolute Gasteiger partial charge is 0.370 e. The van der Waals surface area contributed by atoms with Crippen LogP contribution in [-0.2, 0) is 19.2 Å². The second-order valence-corrected chi connectivity index (χ2v) is 4.45. The van der Waals surface area contributed by atoms with Gasteiger partial charge in [0.05, 0.1) is 19.1 Å². The Labute approximate surface area is 128 Å². The van der Waals surface area contributed by atoms with Crippen LogP contribution in [0.5, 0.6) is 0 Å². The summed E-state index contributed by atoms with van der Waals surface area (Å²) >= 11 is 0. The number of carbonyl (C=O) groups is 3. The maximum Gasteiger partial charge on any atom is 0.248 e. The lowest BCUT2D eigenvalue weighted by Gasteiger charge is -2.17. The fourth-order valence-corrected chi connectivity index (χ4v) is 1.51. The van der Waals surface area contributed by atoms with Crippen LogP contribution < -0.4 is 22.1 Å². The fraction of sp³-hybridized carbons (Fsp3) is 0.583. The molecule has 0 heterocycles. The van der Waals surface area contributed by atoms with Crippen LogP contribution >= 0.6 is 0 Å². The number of hydrogen-bond acceptors (Lipinski definition) is 6. The molecule has 123 valence electrons. The van der Waals surface area contributed by atoms with E-state index in [2.05, 4.69) is 10.6 Å². The van der Waals surface area contributed by atoms with Gasteiger partial charge in [0, 0.05) is 13.5 Å². The van der Waals surface area contributed by atoms with E-state index < -0.39 is 36.9 Å². The van der Waals surface area contributed by atoms with E-state index in [9.17, 15) is 19.2 Å². The highest BCUT2D eigenvalue weighted by atomic mass is 16.2. The molecule has 1 atom stereocenters. The minimum absolute atomic E-state index is 0.167.